The number of imide groups is 1. The number of halogens is 1. The second-order valence-corrected chi connectivity index (χ2v) is 8.81. The number of anilines is 2. The van der Waals surface area contributed by atoms with Crippen molar-refractivity contribution in [3.63, 3.8) is 0 Å². The van der Waals surface area contributed by atoms with E-state index < -0.39 is 29.6 Å². The largest absolute Gasteiger partial charge is 0.481 e. The number of hydrogen-bond donors (Lipinski definition) is 6. The molecule has 0 radical (unpaired) electrons. The number of aliphatic carboxylic acids is 1. The number of nitrogens with one attached hydrogen (secondary N) is 4. The molecule has 38 heavy (non-hydrogen) atoms. The summed E-state index contributed by atoms with van der Waals surface area (Å²) in [7, 11) is 0. The predicted molar refractivity (Wildman–Crippen MR) is 138 cm³/mol. The number of carboxylic acids is 1. The second-order valence-electron chi connectivity index (χ2n) is 8.81. The molecule has 6 N–H and O–H groups in total. The highest BCUT2D eigenvalue weighted by molar-refractivity contribution is 6.35. The zero-order chi connectivity index (χ0) is 27.6. The zero-order valence-corrected chi connectivity index (χ0v) is 20.6. The summed E-state index contributed by atoms with van der Waals surface area (Å²) in [5.74, 6) is -2.92. The molecule has 2 aromatic carbocycles. The number of benzene rings is 2. The van der Waals surface area contributed by atoms with Crippen LogP contribution in [0.3, 0.4) is 0 Å². The summed E-state index contributed by atoms with van der Waals surface area (Å²) < 4.78 is 14.9. The van der Waals surface area contributed by atoms with Crippen LogP contribution in [0.25, 0.3) is 11.6 Å². The molecule has 1 aliphatic heterocycles. The molecule has 1 aromatic heterocycles. The molecular weight excluding hydrogens is 495 g/mol. The average molecular weight is 521 g/mol. The van der Waals surface area contributed by atoms with Gasteiger partial charge in [-0.25, -0.2) is 9.18 Å². The number of H-pyrrole nitrogens is 1. The number of urea groups is 1. The molecule has 2 heterocycles. The summed E-state index contributed by atoms with van der Waals surface area (Å²) in [5.41, 5.74) is 4.32. The molecule has 0 fully saturated rings. The molecule has 0 aliphatic carbocycles. The number of amides is 4. The maximum absolute atomic E-state index is 14.9. The van der Waals surface area contributed by atoms with Gasteiger partial charge < -0.3 is 25.8 Å². The van der Waals surface area contributed by atoms with Crippen molar-refractivity contribution in [2.75, 3.05) is 10.6 Å². The highest BCUT2D eigenvalue weighted by Gasteiger charge is 2.27. The third kappa shape index (κ3) is 5.47. The van der Waals surface area contributed by atoms with Gasteiger partial charge in [0.1, 0.15) is 5.82 Å². The number of rotatable bonds is 7. The van der Waals surface area contributed by atoms with Crippen LogP contribution >= 0.6 is 0 Å². The highest BCUT2D eigenvalue weighted by atomic mass is 19.1. The number of aryl methyl sites for hydroxylation is 1. The fraction of sp³-hybridized carbons (Fsp3) is 0.185. The Morgan fingerprint density at radius 3 is 2.47 bits per heavy atom. The van der Waals surface area contributed by atoms with Crippen molar-refractivity contribution in [1.82, 2.24) is 10.3 Å². The number of aliphatic hydroxyl groups is 1. The van der Waals surface area contributed by atoms with Crippen molar-refractivity contribution in [3.8, 4) is 0 Å². The van der Waals surface area contributed by atoms with E-state index in [0.717, 1.165) is 22.9 Å². The van der Waals surface area contributed by atoms with Crippen molar-refractivity contribution < 1.29 is 33.8 Å². The minimum Gasteiger partial charge on any atom is -0.481 e. The van der Waals surface area contributed by atoms with Crippen LogP contribution in [0.5, 0.6) is 0 Å². The number of carbonyl (C=O) groups is 4. The molecule has 0 spiro atoms. The number of fused-ring (bicyclic) bond motifs is 1. The van der Waals surface area contributed by atoms with E-state index in [-0.39, 0.29) is 41.1 Å². The Hall–Kier alpha value is -4.77. The third-order valence-corrected chi connectivity index (χ3v) is 6.27. The van der Waals surface area contributed by atoms with E-state index in [1.54, 1.807) is 6.08 Å². The van der Waals surface area contributed by atoms with Crippen LogP contribution in [0.4, 0.5) is 20.6 Å². The number of hydrogen-bond acceptors (Lipinski definition) is 5. The predicted octanol–water partition coefficient (Wildman–Crippen LogP) is 3.73. The molecular formula is C27H25FN4O6. The van der Waals surface area contributed by atoms with Crippen molar-refractivity contribution in [3.05, 3.63) is 81.4 Å². The average Bonchev–Trinajstić information content (AvgIpc) is 3.31. The molecule has 0 saturated carbocycles. The minimum atomic E-state index is -0.966. The van der Waals surface area contributed by atoms with Crippen molar-refractivity contribution in [2.24, 2.45) is 0 Å². The van der Waals surface area contributed by atoms with Gasteiger partial charge in [-0.05, 0) is 67.3 Å². The Bertz CT molecular complexity index is 1490. The maximum Gasteiger partial charge on any atom is 0.326 e. The van der Waals surface area contributed by atoms with E-state index >= 15 is 0 Å². The molecule has 0 saturated heterocycles. The van der Waals surface area contributed by atoms with E-state index in [4.69, 9.17) is 10.2 Å². The monoisotopic (exact) mass is 520 g/mol. The Balaban J connectivity index is 1.52. The molecule has 3 aromatic rings. The van der Waals surface area contributed by atoms with Gasteiger partial charge in [0.15, 0.2) is 0 Å². The van der Waals surface area contributed by atoms with Gasteiger partial charge in [-0.2, -0.15) is 0 Å². The van der Waals surface area contributed by atoms with Gasteiger partial charge in [0.2, 0.25) is 0 Å². The van der Waals surface area contributed by atoms with Gasteiger partial charge in [-0.1, -0.05) is 12.1 Å². The summed E-state index contributed by atoms with van der Waals surface area (Å²) in [6.07, 6.45) is 1.88. The first-order chi connectivity index (χ1) is 18.1. The van der Waals surface area contributed by atoms with Gasteiger partial charge in [-0.3, -0.25) is 19.7 Å². The third-order valence-electron chi connectivity index (χ3n) is 6.27. The zero-order valence-electron chi connectivity index (χ0n) is 20.6. The van der Waals surface area contributed by atoms with E-state index in [0.29, 0.717) is 17.7 Å². The summed E-state index contributed by atoms with van der Waals surface area (Å²) in [6.45, 7) is 3.44. The SMILES string of the molecule is Cc1[nH]c(C=C2C(=O)Nc3cc(NC(=O)NC(=O)c4ccc(CO)cc4)c(F)cc32)c(C)c1CCC(=O)O. The number of aromatic amines is 1. The first-order valence-corrected chi connectivity index (χ1v) is 11.7. The fourth-order valence-corrected chi connectivity index (χ4v) is 4.25. The Morgan fingerprint density at radius 1 is 1.11 bits per heavy atom. The van der Waals surface area contributed by atoms with Crippen LogP contribution in [0.2, 0.25) is 0 Å². The Labute approximate surface area is 216 Å². The first kappa shape index (κ1) is 26.3. The lowest BCUT2D eigenvalue weighted by Crippen LogP contribution is -2.34. The molecule has 196 valence electrons. The van der Waals surface area contributed by atoms with Crippen LogP contribution in [-0.4, -0.2) is 39.0 Å². The fourth-order valence-electron chi connectivity index (χ4n) is 4.25. The summed E-state index contributed by atoms with van der Waals surface area (Å²) in [5, 5.41) is 25.1. The van der Waals surface area contributed by atoms with Gasteiger partial charge in [0, 0.05) is 28.9 Å². The van der Waals surface area contributed by atoms with Crippen LogP contribution in [-0.2, 0) is 22.6 Å². The molecule has 10 nitrogen and oxygen atoms in total. The molecule has 1 aliphatic rings. The van der Waals surface area contributed by atoms with Crippen molar-refractivity contribution in [1.29, 1.82) is 0 Å². The number of aromatic nitrogens is 1. The van der Waals surface area contributed by atoms with E-state index in [1.165, 1.54) is 30.3 Å². The van der Waals surface area contributed by atoms with Gasteiger partial charge in [-0.15, -0.1) is 0 Å². The second kappa shape index (κ2) is 10.7. The van der Waals surface area contributed by atoms with E-state index in [9.17, 15) is 23.6 Å². The molecule has 4 rings (SSSR count). The van der Waals surface area contributed by atoms with Gasteiger partial charge >= 0.3 is 12.0 Å². The smallest absolute Gasteiger partial charge is 0.326 e. The van der Waals surface area contributed by atoms with Crippen LogP contribution in [0, 0.1) is 19.7 Å². The van der Waals surface area contributed by atoms with E-state index in [1.807, 2.05) is 13.8 Å². The van der Waals surface area contributed by atoms with Crippen molar-refractivity contribution in [2.45, 2.75) is 33.3 Å². The lowest BCUT2D eigenvalue weighted by Gasteiger charge is -2.10. The number of aliphatic hydroxyl groups excluding tert-OH is 1. The number of carbonyl (C=O) groups excluding carboxylic acids is 3. The van der Waals surface area contributed by atoms with Crippen LogP contribution in [0.15, 0.2) is 36.4 Å². The summed E-state index contributed by atoms with van der Waals surface area (Å²) in [4.78, 5) is 51.4. The maximum atomic E-state index is 14.9. The Kier molecular flexibility index (Phi) is 7.40. The van der Waals surface area contributed by atoms with E-state index in [2.05, 4.69) is 20.9 Å². The van der Waals surface area contributed by atoms with Gasteiger partial charge in [0.25, 0.3) is 11.8 Å². The van der Waals surface area contributed by atoms with Gasteiger partial charge in [0.05, 0.1) is 23.6 Å². The van der Waals surface area contributed by atoms with Crippen LogP contribution < -0.4 is 16.0 Å². The lowest BCUT2D eigenvalue weighted by molar-refractivity contribution is -0.137. The molecule has 0 unspecified atom stereocenters. The lowest BCUT2D eigenvalue weighted by atomic mass is 10.0. The molecule has 11 heteroatoms. The summed E-state index contributed by atoms with van der Waals surface area (Å²) in [6, 6.07) is 7.36. The van der Waals surface area contributed by atoms with Crippen LogP contribution in [0.1, 0.15) is 50.4 Å². The number of carboxylic acid groups (broad SMARTS) is 1. The topological polar surface area (TPSA) is 161 Å². The highest BCUT2D eigenvalue weighted by Crippen LogP contribution is 2.37. The molecule has 4 amide bonds. The van der Waals surface area contributed by atoms with Crippen molar-refractivity contribution >= 4 is 46.8 Å². The Morgan fingerprint density at radius 2 is 1.82 bits per heavy atom. The quantitative estimate of drug-likeness (QED) is 0.260. The molecule has 0 bridgehead atoms. The first-order valence-electron chi connectivity index (χ1n) is 11.7. The molecule has 0 atom stereocenters. The normalized spacial score (nSPS) is 13.3. The minimum absolute atomic E-state index is 0.0327. The standard InChI is InChI=1S/C27H25FN4O6/c1-13-17(7-8-24(34)35)14(2)29-21(13)10-19-18-9-20(28)23(11-22(18)30-26(19)37)31-27(38)32-25(36)16-5-3-15(12-33)4-6-16/h3-6,9-11,29,33H,7-8,12H2,1-2H3,(H,30,37)(H,34,35)(H2,31,32,36,38). The summed E-state index contributed by atoms with van der Waals surface area (Å²) >= 11 is 0.